The van der Waals surface area contributed by atoms with Crippen molar-refractivity contribution in [2.45, 2.75) is 13.3 Å². The highest BCUT2D eigenvalue weighted by Crippen LogP contribution is 2.24. The summed E-state index contributed by atoms with van der Waals surface area (Å²) in [4.78, 5) is 0. The van der Waals surface area contributed by atoms with E-state index in [9.17, 15) is 0 Å². The molecule has 0 aliphatic rings. The molecule has 18 heavy (non-hydrogen) atoms. The summed E-state index contributed by atoms with van der Waals surface area (Å²) in [6.07, 6.45) is 3.00. The van der Waals surface area contributed by atoms with Crippen molar-refractivity contribution in [1.82, 2.24) is 9.78 Å². The van der Waals surface area contributed by atoms with E-state index in [1.807, 2.05) is 17.9 Å². The van der Waals surface area contributed by atoms with Crippen LogP contribution in [-0.2, 0) is 13.5 Å². The van der Waals surface area contributed by atoms with Crippen LogP contribution in [0.5, 0.6) is 0 Å². The summed E-state index contributed by atoms with van der Waals surface area (Å²) in [6.45, 7) is 2.18. The van der Waals surface area contributed by atoms with Crippen LogP contribution < -0.4 is 0 Å². The van der Waals surface area contributed by atoms with Crippen LogP contribution in [0.4, 0.5) is 0 Å². The molecule has 3 aromatic rings. The Kier molecular flexibility index (Phi) is 2.63. The fourth-order valence-corrected chi connectivity index (χ4v) is 2.28. The molecule has 0 fully saturated rings. The summed E-state index contributed by atoms with van der Waals surface area (Å²) in [5, 5.41) is 5.46. The van der Waals surface area contributed by atoms with Crippen LogP contribution in [0.2, 0.25) is 0 Å². The Balaban J connectivity index is 2.07. The predicted octanol–water partition coefficient (Wildman–Crippen LogP) is 3.80. The van der Waals surface area contributed by atoms with Gasteiger partial charge in [0.2, 0.25) is 0 Å². The van der Waals surface area contributed by atoms with E-state index >= 15 is 0 Å². The zero-order valence-electron chi connectivity index (χ0n) is 10.7. The second kappa shape index (κ2) is 4.30. The molecule has 0 bridgehead atoms. The van der Waals surface area contributed by atoms with Gasteiger partial charge in [-0.2, -0.15) is 5.10 Å². The van der Waals surface area contributed by atoms with Crippen molar-refractivity contribution in [3.63, 3.8) is 0 Å². The lowest BCUT2D eigenvalue weighted by molar-refractivity contribution is 0.797. The molecule has 0 atom stereocenters. The van der Waals surface area contributed by atoms with Crippen LogP contribution in [0.3, 0.4) is 0 Å². The summed E-state index contributed by atoms with van der Waals surface area (Å²) in [7, 11) is 1.97. The maximum absolute atomic E-state index is 4.27. The predicted molar refractivity (Wildman–Crippen MR) is 75.5 cm³/mol. The highest BCUT2D eigenvalue weighted by atomic mass is 15.2. The van der Waals surface area contributed by atoms with E-state index in [0.29, 0.717) is 0 Å². The van der Waals surface area contributed by atoms with Gasteiger partial charge in [0.15, 0.2) is 0 Å². The fraction of sp³-hybridized carbons (Fsp3) is 0.188. The molecule has 0 aliphatic heterocycles. The minimum absolute atomic E-state index is 1.09. The molecule has 1 aromatic heterocycles. The van der Waals surface area contributed by atoms with Gasteiger partial charge < -0.3 is 0 Å². The molecule has 3 rings (SSSR count). The number of aromatic nitrogens is 2. The number of fused-ring (bicyclic) bond motifs is 1. The van der Waals surface area contributed by atoms with Gasteiger partial charge in [-0.15, -0.1) is 0 Å². The SMILES string of the molecule is CCc1ccc(-c2ccc3c(cnn3C)c2)cc1. The number of hydrogen-bond donors (Lipinski definition) is 0. The number of nitrogens with zero attached hydrogens (tertiary/aromatic N) is 2. The molecule has 0 amide bonds. The third-order valence-corrected chi connectivity index (χ3v) is 3.44. The van der Waals surface area contributed by atoms with Gasteiger partial charge in [0, 0.05) is 12.4 Å². The van der Waals surface area contributed by atoms with E-state index < -0.39 is 0 Å². The molecular weight excluding hydrogens is 220 g/mol. The lowest BCUT2D eigenvalue weighted by Crippen LogP contribution is -1.88. The molecule has 0 aliphatic carbocycles. The lowest BCUT2D eigenvalue weighted by Gasteiger charge is -2.04. The molecule has 1 heterocycles. The maximum Gasteiger partial charge on any atom is 0.0679 e. The summed E-state index contributed by atoms with van der Waals surface area (Å²) >= 11 is 0. The van der Waals surface area contributed by atoms with Crippen LogP contribution in [0.1, 0.15) is 12.5 Å². The van der Waals surface area contributed by atoms with Crippen molar-refractivity contribution < 1.29 is 0 Å². The highest BCUT2D eigenvalue weighted by Gasteiger charge is 2.02. The second-order valence-electron chi connectivity index (χ2n) is 4.59. The first-order chi connectivity index (χ1) is 8.78. The third-order valence-electron chi connectivity index (χ3n) is 3.44. The summed E-state index contributed by atoms with van der Waals surface area (Å²) in [6, 6.07) is 15.3. The van der Waals surface area contributed by atoms with E-state index in [1.54, 1.807) is 0 Å². The molecule has 0 saturated heterocycles. The average molecular weight is 236 g/mol. The monoisotopic (exact) mass is 236 g/mol. The zero-order valence-corrected chi connectivity index (χ0v) is 10.7. The standard InChI is InChI=1S/C16H16N2/c1-3-12-4-6-13(7-5-12)14-8-9-16-15(10-14)11-17-18(16)2/h4-11H,3H2,1-2H3. The first-order valence-electron chi connectivity index (χ1n) is 6.29. The van der Waals surface area contributed by atoms with Crippen molar-refractivity contribution in [3.8, 4) is 11.1 Å². The van der Waals surface area contributed by atoms with Gasteiger partial charge in [-0.05, 0) is 35.2 Å². The molecule has 2 heteroatoms. The fourth-order valence-electron chi connectivity index (χ4n) is 2.28. The van der Waals surface area contributed by atoms with Gasteiger partial charge in [-0.25, -0.2) is 0 Å². The first-order valence-corrected chi connectivity index (χ1v) is 6.29. The average Bonchev–Trinajstić information content (AvgIpc) is 2.80. The summed E-state index contributed by atoms with van der Waals surface area (Å²) < 4.78 is 1.90. The Hall–Kier alpha value is -2.09. The van der Waals surface area contributed by atoms with Crippen molar-refractivity contribution >= 4 is 10.9 Å². The van der Waals surface area contributed by atoms with Crippen molar-refractivity contribution in [1.29, 1.82) is 0 Å². The zero-order chi connectivity index (χ0) is 12.5. The van der Waals surface area contributed by atoms with Crippen molar-refractivity contribution in [2.75, 3.05) is 0 Å². The van der Waals surface area contributed by atoms with E-state index in [4.69, 9.17) is 0 Å². The Morgan fingerprint density at radius 3 is 2.44 bits per heavy atom. The van der Waals surface area contributed by atoms with Gasteiger partial charge in [0.1, 0.15) is 0 Å². The molecule has 0 spiro atoms. The number of aryl methyl sites for hydroxylation is 2. The van der Waals surface area contributed by atoms with Gasteiger partial charge in [0.05, 0.1) is 11.7 Å². The van der Waals surface area contributed by atoms with E-state index in [-0.39, 0.29) is 0 Å². The maximum atomic E-state index is 4.27. The Bertz CT molecular complexity index is 678. The van der Waals surface area contributed by atoms with Gasteiger partial charge in [-0.3, -0.25) is 4.68 Å². The first kappa shape index (κ1) is 11.0. The summed E-state index contributed by atoms with van der Waals surface area (Å²) in [5.41, 5.74) is 5.06. The molecule has 2 aromatic carbocycles. The molecule has 2 nitrogen and oxygen atoms in total. The quantitative estimate of drug-likeness (QED) is 0.661. The molecule has 0 radical (unpaired) electrons. The van der Waals surface area contributed by atoms with Crippen molar-refractivity contribution in [2.24, 2.45) is 7.05 Å². The van der Waals surface area contributed by atoms with Crippen LogP contribution in [-0.4, -0.2) is 9.78 Å². The Morgan fingerprint density at radius 2 is 1.72 bits per heavy atom. The third kappa shape index (κ3) is 1.80. The minimum atomic E-state index is 1.09. The largest absolute Gasteiger partial charge is 0.268 e. The normalized spacial score (nSPS) is 11.0. The second-order valence-corrected chi connectivity index (χ2v) is 4.59. The smallest absolute Gasteiger partial charge is 0.0679 e. The van der Waals surface area contributed by atoms with E-state index in [2.05, 4.69) is 54.5 Å². The molecule has 0 unspecified atom stereocenters. The van der Waals surface area contributed by atoms with Gasteiger partial charge >= 0.3 is 0 Å². The minimum Gasteiger partial charge on any atom is -0.268 e. The van der Waals surface area contributed by atoms with Crippen LogP contribution >= 0.6 is 0 Å². The van der Waals surface area contributed by atoms with Crippen LogP contribution in [0.25, 0.3) is 22.0 Å². The number of benzene rings is 2. The van der Waals surface area contributed by atoms with Gasteiger partial charge in [0.25, 0.3) is 0 Å². The van der Waals surface area contributed by atoms with E-state index in [0.717, 1.165) is 6.42 Å². The lowest BCUT2D eigenvalue weighted by atomic mass is 10.0. The summed E-state index contributed by atoms with van der Waals surface area (Å²) in [5.74, 6) is 0. The Labute approximate surface area is 107 Å². The highest BCUT2D eigenvalue weighted by molar-refractivity contribution is 5.84. The van der Waals surface area contributed by atoms with E-state index in [1.165, 1.54) is 27.6 Å². The molecule has 0 saturated carbocycles. The van der Waals surface area contributed by atoms with Crippen molar-refractivity contribution in [3.05, 3.63) is 54.2 Å². The number of hydrogen-bond acceptors (Lipinski definition) is 1. The van der Waals surface area contributed by atoms with Gasteiger partial charge in [-0.1, -0.05) is 37.3 Å². The molecule has 0 N–H and O–H groups in total. The van der Waals surface area contributed by atoms with Crippen LogP contribution in [0, 0.1) is 0 Å². The van der Waals surface area contributed by atoms with Crippen LogP contribution in [0.15, 0.2) is 48.7 Å². The number of rotatable bonds is 2. The molecule has 90 valence electrons. The topological polar surface area (TPSA) is 17.8 Å². The molecular formula is C16H16N2. The Morgan fingerprint density at radius 1 is 1.00 bits per heavy atom.